The second kappa shape index (κ2) is 10.6. The van der Waals surface area contributed by atoms with Gasteiger partial charge in [-0.15, -0.1) is 0 Å². The van der Waals surface area contributed by atoms with Crippen molar-refractivity contribution in [3.05, 3.63) is 42.0 Å². The maximum Gasteiger partial charge on any atom is 0.306 e. The lowest BCUT2D eigenvalue weighted by molar-refractivity contribution is -0.150. The number of benzene rings is 1. The average molecular weight is 330 g/mol. The van der Waals surface area contributed by atoms with Crippen LogP contribution in [0.15, 0.2) is 36.4 Å². The second-order valence-corrected chi connectivity index (χ2v) is 6.18. The van der Waals surface area contributed by atoms with Gasteiger partial charge in [0.05, 0.1) is 19.4 Å². The quantitative estimate of drug-likeness (QED) is 0.672. The van der Waals surface area contributed by atoms with Gasteiger partial charge in [-0.05, 0) is 30.4 Å². The normalized spacial score (nSPS) is 15.3. The van der Waals surface area contributed by atoms with Crippen molar-refractivity contribution in [1.29, 1.82) is 0 Å². The van der Waals surface area contributed by atoms with Crippen molar-refractivity contribution in [1.82, 2.24) is 0 Å². The monoisotopic (exact) mass is 330 g/mol. The van der Waals surface area contributed by atoms with E-state index in [4.69, 9.17) is 9.47 Å². The summed E-state index contributed by atoms with van der Waals surface area (Å²) >= 11 is 0. The van der Waals surface area contributed by atoms with Crippen molar-refractivity contribution in [3.8, 4) is 0 Å². The molecule has 0 bridgehead atoms. The minimum absolute atomic E-state index is 0.0721. The van der Waals surface area contributed by atoms with Crippen molar-refractivity contribution in [2.45, 2.75) is 44.9 Å². The summed E-state index contributed by atoms with van der Waals surface area (Å²) in [6, 6.07) is 9.79. The van der Waals surface area contributed by atoms with E-state index < -0.39 is 0 Å². The van der Waals surface area contributed by atoms with Crippen LogP contribution in [0.25, 0.3) is 6.08 Å². The van der Waals surface area contributed by atoms with Crippen LogP contribution in [-0.4, -0.2) is 25.2 Å². The van der Waals surface area contributed by atoms with E-state index in [0.29, 0.717) is 12.5 Å². The first kappa shape index (κ1) is 18.2. The number of hydrogen-bond donors (Lipinski definition) is 0. The molecule has 0 saturated heterocycles. The molecule has 130 valence electrons. The Morgan fingerprint density at radius 2 is 1.62 bits per heavy atom. The summed E-state index contributed by atoms with van der Waals surface area (Å²) in [7, 11) is 0. The topological polar surface area (TPSA) is 52.6 Å². The van der Waals surface area contributed by atoms with Gasteiger partial charge in [-0.3, -0.25) is 9.59 Å². The lowest BCUT2D eigenvalue weighted by Crippen LogP contribution is -2.17. The van der Waals surface area contributed by atoms with E-state index in [0.717, 1.165) is 18.4 Å². The average Bonchev–Trinajstić information content (AvgIpc) is 2.63. The Kier molecular flexibility index (Phi) is 8.08. The Morgan fingerprint density at radius 1 is 0.958 bits per heavy atom. The molecule has 1 fully saturated rings. The van der Waals surface area contributed by atoms with Crippen molar-refractivity contribution in [3.63, 3.8) is 0 Å². The largest absolute Gasteiger partial charge is 0.465 e. The van der Waals surface area contributed by atoms with Gasteiger partial charge in [0.15, 0.2) is 0 Å². The molecule has 1 aliphatic rings. The summed E-state index contributed by atoms with van der Waals surface area (Å²) < 4.78 is 10.3. The summed E-state index contributed by atoms with van der Waals surface area (Å²) in [6.45, 7) is 0.707. The molecule has 0 heterocycles. The molecule has 0 radical (unpaired) electrons. The molecule has 4 nitrogen and oxygen atoms in total. The molecule has 1 aromatic rings. The predicted octanol–water partition coefficient (Wildman–Crippen LogP) is 4.15. The van der Waals surface area contributed by atoms with Crippen molar-refractivity contribution in [2.75, 3.05) is 13.2 Å². The summed E-state index contributed by atoms with van der Waals surface area (Å²) in [4.78, 5) is 23.3. The van der Waals surface area contributed by atoms with Crippen molar-refractivity contribution in [2.24, 2.45) is 5.92 Å². The van der Waals surface area contributed by atoms with E-state index in [-0.39, 0.29) is 31.4 Å². The van der Waals surface area contributed by atoms with E-state index in [2.05, 4.69) is 0 Å². The molecule has 0 aromatic heterocycles. The highest BCUT2D eigenvalue weighted by atomic mass is 16.5. The van der Waals surface area contributed by atoms with Crippen LogP contribution >= 0.6 is 0 Å². The molecular formula is C20H26O4. The predicted molar refractivity (Wildman–Crippen MR) is 93.2 cm³/mol. The van der Waals surface area contributed by atoms with Gasteiger partial charge in [-0.1, -0.05) is 55.7 Å². The van der Waals surface area contributed by atoms with Crippen LogP contribution in [0, 0.1) is 5.92 Å². The standard InChI is InChI=1S/C20H26O4/c21-19(23-15-7-12-17-8-3-1-4-9-17)13-14-20(22)24-16-18-10-5-2-6-11-18/h1,3-4,7-9,12,18H,2,5-6,10-11,13-16H2/b12-7+. The van der Waals surface area contributed by atoms with E-state index in [9.17, 15) is 9.59 Å². The van der Waals surface area contributed by atoms with Gasteiger partial charge in [0, 0.05) is 0 Å². The molecule has 1 aliphatic carbocycles. The maximum absolute atomic E-state index is 11.7. The lowest BCUT2D eigenvalue weighted by Gasteiger charge is -2.20. The molecule has 1 aromatic carbocycles. The van der Waals surface area contributed by atoms with Crippen LogP contribution in [-0.2, 0) is 19.1 Å². The van der Waals surface area contributed by atoms with E-state index >= 15 is 0 Å². The smallest absolute Gasteiger partial charge is 0.306 e. The molecule has 0 spiro atoms. The van der Waals surface area contributed by atoms with Gasteiger partial charge < -0.3 is 9.47 Å². The Labute approximate surface area is 143 Å². The summed E-state index contributed by atoms with van der Waals surface area (Å²) in [5, 5.41) is 0. The zero-order valence-corrected chi connectivity index (χ0v) is 14.1. The van der Waals surface area contributed by atoms with Gasteiger partial charge in [0.2, 0.25) is 0 Å². The Morgan fingerprint density at radius 3 is 2.33 bits per heavy atom. The Balaban J connectivity index is 1.53. The molecule has 0 amide bonds. The first-order valence-electron chi connectivity index (χ1n) is 8.77. The molecular weight excluding hydrogens is 304 g/mol. The molecule has 0 aliphatic heterocycles. The van der Waals surface area contributed by atoms with Crippen molar-refractivity contribution < 1.29 is 19.1 Å². The summed E-state index contributed by atoms with van der Waals surface area (Å²) in [5.41, 5.74) is 1.06. The molecule has 24 heavy (non-hydrogen) atoms. The summed E-state index contributed by atoms with van der Waals surface area (Å²) in [6.07, 6.45) is 9.87. The molecule has 1 saturated carbocycles. The van der Waals surface area contributed by atoms with Gasteiger partial charge in [0.25, 0.3) is 0 Å². The Bertz CT molecular complexity index is 530. The Hall–Kier alpha value is -2.10. The van der Waals surface area contributed by atoms with Gasteiger partial charge >= 0.3 is 11.9 Å². The highest BCUT2D eigenvalue weighted by Crippen LogP contribution is 2.23. The third kappa shape index (κ3) is 7.44. The molecule has 0 unspecified atom stereocenters. The molecule has 0 atom stereocenters. The van der Waals surface area contributed by atoms with Crippen molar-refractivity contribution >= 4 is 18.0 Å². The highest BCUT2D eigenvalue weighted by molar-refractivity contribution is 5.77. The highest BCUT2D eigenvalue weighted by Gasteiger charge is 2.16. The van der Waals surface area contributed by atoms with Crippen LogP contribution in [0.5, 0.6) is 0 Å². The van der Waals surface area contributed by atoms with E-state index in [1.54, 1.807) is 6.08 Å². The van der Waals surface area contributed by atoms with Crippen LogP contribution < -0.4 is 0 Å². The fraction of sp³-hybridized carbons (Fsp3) is 0.500. The third-order valence-corrected chi connectivity index (χ3v) is 4.19. The molecule has 2 rings (SSSR count). The number of hydrogen-bond acceptors (Lipinski definition) is 4. The first-order chi connectivity index (χ1) is 11.7. The van der Waals surface area contributed by atoms with Crippen LogP contribution in [0.1, 0.15) is 50.5 Å². The van der Waals surface area contributed by atoms with Gasteiger partial charge in [-0.25, -0.2) is 0 Å². The fourth-order valence-electron chi connectivity index (χ4n) is 2.80. The SMILES string of the molecule is O=C(CCC(=O)OCC1CCCCC1)OC/C=C/c1ccccc1. The summed E-state index contributed by atoms with van der Waals surface area (Å²) in [5.74, 6) is -0.183. The van der Waals surface area contributed by atoms with Crippen LogP contribution in [0.2, 0.25) is 0 Å². The minimum Gasteiger partial charge on any atom is -0.465 e. The zero-order chi connectivity index (χ0) is 17.0. The number of carbonyl (C=O) groups excluding carboxylic acids is 2. The van der Waals surface area contributed by atoms with E-state index in [1.807, 2.05) is 36.4 Å². The lowest BCUT2D eigenvalue weighted by atomic mass is 9.90. The van der Waals surface area contributed by atoms with Crippen LogP contribution in [0.3, 0.4) is 0 Å². The van der Waals surface area contributed by atoms with Crippen LogP contribution in [0.4, 0.5) is 0 Å². The number of carbonyl (C=O) groups is 2. The number of rotatable bonds is 8. The molecule has 0 N–H and O–H groups in total. The van der Waals surface area contributed by atoms with Gasteiger partial charge in [0.1, 0.15) is 6.61 Å². The van der Waals surface area contributed by atoms with E-state index in [1.165, 1.54) is 19.3 Å². The zero-order valence-electron chi connectivity index (χ0n) is 14.1. The first-order valence-corrected chi connectivity index (χ1v) is 8.77. The number of ether oxygens (including phenoxy) is 2. The second-order valence-electron chi connectivity index (χ2n) is 6.18. The van der Waals surface area contributed by atoms with Gasteiger partial charge in [-0.2, -0.15) is 0 Å². The minimum atomic E-state index is -0.373. The number of esters is 2. The fourth-order valence-corrected chi connectivity index (χ4v) is 2.80. The third-order valence-electron chi connectivity index (χ3n) is 4.19. The maximum atomic E-state index is 11.7. The molecule has 4 heteroatoms.